The van der Waals surface area contributed by atoms with Gasteiger partial charge in [0.2, 0.25) is 0 Å². The molecule has 1 aromatic carbocycles. The minimum Gasteiger partial charge on any atom is -0.293 e. The van der Waals surface area contributed by atoms with E-state index in [2.05, 4.69) is 41.5 Å². The van der Waals surface area contributed by atoms with Gasteiger partial charge in [-0.25, -0.2) is 0 Å². The number of hydrogen-bond donors (Lipinski definition) is 0. The second kappa shape index (κ2) is 6.54. The Kier molecular flexibility index (Phi) is 4.51. The van der Waals surface area contributed by atoms with Crippen molar-refractivity contribution in [2.45, 2.75) is 38.8 Å². The van der Waals surface area contributed by atoms with Crippen molar-refractivity contribution in [2.75, 3.05) is 6.54 Å². The fourth-order valence-electron chi connectivity index (χ4n) is 2.56. The number of hydrogen-bond acceptors (Lipinski definition) is 3. The van der Waals surface area contributed by atoms with Crippen LogP contribution in [0.15, 0.2) is 41.8 Å². The van der Waals surface area contributed by atoms with Crippen LogP contribution in [0.4, 0.5) is 0 Å². The Morgan fingerprint density at radius 2 is 2.00 bits per heavy atom. The summed E-state index contributed by atoms with van der Waals surface area (Å²) in [6.07, 6.45) is 3.47. The first-order valence-electron chi connectivity index (χ1n) is 7.65. The average Bonchev–Trinajstić information content (AvgIpc) is 3.24. The number of thiophene rings is 1. The van der Waals surface area contributed by atoms with Gasteiger partial charge in [0.1, 0.15) is 0 Å². The van der Waals surface area contributed by atoms with Crippen LogP contribution >= 0.6 is 11.3 Å². The minimum absolute atomic E-state index is 0.237. The molecule has 0 aliphatic heterocycles. The van der Waals surface area contributed by atoms with E-state index in [4.69, 9.17) is 0 Å². The zero-order valence-electron chi connectivity index (χ0n) is 12.4. The molecule has 0 atom stereocenters. The lowest BCUT2D eigenvalue weighted by Crippen LogP contribution is -2.31. The van der Waals surface area contributed by atoms with Crippen molar-refractivity contribution >= 4 is 17.1 Å². The zero-order valence-corrected chi connectivity index (χ0v) is 13.2. The number of ketones is 1. The van der Waals surface area contributed by atoms with Gasteiger partial charge in [-0.05, 0) is 36.3 Å². The molecule has 0 bridgehead atoms. The highest BCUT2D eigenvalue weighted by atomic mass is 32.1. The van der Waals surface area contributed by atoms with Crippen LogP contribution in [-0.2, 0) is 13.0 Å². The quantitative estimate of drug-likeness (QED) is 0.716. The number of carbonyl (C=O) groups excluding carboxylic acids is 1. The maximum absolute atomic E-state index is 12.5. The van der Waals surface area contributed by atoms with Gasteiger partial charge < -0.3 is 0 Å². The van der Waals surface area contributed by atoms with Crippen LogP contribution in [0, 0.1) is 0 Å². The molecule has 0 amide bonds. The maximum Gasteiger partial charge on any atom is 0.176 e. The second-order valence-electron chi connectivity index (χ2n) is 5.69. The van der Waals surface area contributed by atoms with Crippen molar-refractivity contribution in [1.29, 1.82) is 0 Å². The highest BCUT2D eigenvalue weighted by Crippen LogP contribution is 2.29. The van der Waals surface area contributed by atoms with Crippen LogP contribution in [-0.4, -0.2) is 23.3 Å². The summed E-state index contributed by atoms with van der Waals surface area (Å²) in [5.41, 5.74) is 2.12. The smallest absolute Gasteiger partial charge is 0.176 e. The fraction of sp³-hybridized carbons (Fsp3) is 0.389. The molecule has 2 aromatic rings. The molecule has 0 N–H and O–H groups in total. The first-order valence-corrected chi connectivity index (χ1v) is 8.53. The van der Waals surface area contributed by atoms with Crippen molar-refractivity contribution in [3.63, 3.8) is 0 Å². The predicted octanol–water partition coefficient (Wildman–Crippen LogP) is 4.16. The van der Waals surface area contributed by atoms with Gasteiger partial charge in [0.15, 0.2) is 5.78 Å². The van der Waals surface area contributed by atoms with Gasteiger partial charge in [-0.15, -0.1) is 11.3 Å². The predicted molar refractivity (Wildman–Crippen MR) is 87.9 cm³/mol. The Labute approximate surface area is 130 Å². The molecular weight excluding hydrogens is 278 g/mol. The van der Waals surface area contributed by atoms with E-state index < -0.39 is 0 Å². The van der Waals surface area contributed by atoms with Crippen LogP contribution in [0.1, 0.15) is 40.6 Å². The van der Waals surface area contributed by atoms with Crippen LogP contribution in [0.5, 0.6) is 0 Å². The Morgan fingerprint density at radius 3 is 2.57 bits per heavy atom. The Hall–Kier alpha value is -1.45. The summed E-state index contributed by atoms with van der Waals surface area (Å²) in [6.45, 7) is 3.57. The van der Waals surface area contributed by atoms with Gasteiger partial charge in [0.05, 0.1) is 6.54 Å². The monoisotopic (exact) mass is 299 g/mol. The first-order chi connectivity index (χ1) is 10.3. The largest absolute Gasteiger partial charge is 0.293 e. The van der Waals surface area contributed by atoms with Crippen molar-refractivity contribution in [3.05, 3.63) is 57.8 Å². The molecule has 21 heavy (non-hydrogen) atoms. The highest BCUT2D eigenvalue weighted by molar-refractivity contribution is 7.09. The molecule has 1 aliphatic carbocycles. The molecule has 3 heteroatoms. The number of Topliss-reactive ketones (excluding diaryl/α,β-unsaturated/α-hetero) is 1. The van der Waals surface area contributed by atoms with E-state index in [0.717, 1.165) is 18.5 Å². The summed E-state index contributed by atoms with van der Waals surface area (Å²) in [4.78, 5) is 16.2. The van der Waals surface area contributed by atoms with Gasteiger partial charge in [-0.3, -0.25) is 9.69 Å². The molecular formula is C18H21NOS. The number of rotatable bonds is 7. The molecule has 3 rings (SSSR count). The van der Waals surface area contributed by atoms with E-state index in [-0.39, 0.29) is 5.78 Å². The number of benzene rings is 1. The van der Waals surface area contributed by atoms with Crippen molar-refractivity contribution in [2.24, 2.45) is 0 Å². The molecule has 0 spiro atoms. The van der Waals surface area contributed by atoms with E-state index in [1.54, 1.807) is 11.3 Å². The molecule has 1 saturated carbocycles. The number of carbonyl (C=O) groups is 1. The lowest BCUT2D eigenvalue weighted by molar-refractivity contribution is 0.0920. The summed E-state index contributed by atoms with van der Waals surface area (Å²) in [5.74, 6) is 0.237. The van der Waals surface area contributed by atoms with Crippen LogP contribution < -0.4 is 0 Å². The number of aryl methyl sites for hydroxylation is 1. The topological polar surface area (TPSA) is 20.3 Å². The van der Waals surface area contributed by atoms with E-state index in [0.29, 0.717) is 12.6 Å². The summed E-state index contributed by atoms with van der Waals surface area (Å²) in [7, 11) is 0. The molecule has 1 aromatic heterocycles. The summed E-state index contributed by atoms with van der Waals surface area (Å²) < 4.78 is 0. The molecule has 1 heterocycles. The maximum atomic E-state index is 12.5. The summed E-state index contributed by atoms with van der Waals surface area (Å²) in [5, 5.41) is 2.10. The lowest BCUT2D eigenvalue weighted by Gasteiger charge is -2.20. The normalized spacial score (nSPS) is 14.6. The first kappa shape index (κ1) is 14.5. The summed E-state index contributed by atoms with van der Waals surface area (Å²) >= 11 is 1.77. The third-order valence-electron chi connectivity index (χ3n) is 4.03. The highest BCUT2D eigenvalue weighted by Gasteiger charge is 2.30. The zero-order chi connectivity index (χ0) is 14.7. The van der Waals surface area contributed by atoms with E-state index >= 15 is 0 Å². The third-order valence-corrected chi connectivity index (χ3v) is 4.89. The summed E-state index contributed by atoms with van der Waals surface area (Å²) in [6, 6.07) is 12.9. The van der Waals surface area contributed by atoms with Crippen LogP contribution in [0.2, 0.25) is 0 Å². The van der Waals surface area contributed by atoms with Gasteiger partial charge in [0, 0.05) is 23.0 Å². The molecule has 2 nitrogen and oxygen atoms in total. The second-order valence-corrected chi connectivity index (χ2v) is 6.72. The lowest BCUT2D eigenvalue weighted by atomic mass is 10.1. The van der Waals surface area contributed by atoms with Crippen molar-refractivity contribution < 1.29 is 4.79 Å². The van der Waals surface area contributed by atoms with Gasteiger partial charge >= 0.3 is 0 Å². The van der Waals surface area contributed by atoms with E-state index in [1.807, 2.05) is 12.1 Å². The minimum atomic E-state index is 0.237. The third kappa shape index (κ3) is 3.80. The average molecular weight is 299 g/mol. The van der Waals surface area contributed by atoms with E-state index in [1.165, 1.54) is 23.3 Å². The van der Waals surface area contributed by atoms with Crippen LogP contribution in [0.3, 0.4) is 0 Å². The van der Waals surface area contributed by atoms with Gasteiger partial charge in [0.25, 0.3) is 0 Å². The Morgan fingerprint density at radius 1 is 1.24 bits per heavy atom. The fourth-order valence-corrected chi connectivity index (χ4v) is 3.29. The Bertz CT molecular complexity index is 584. The van der Waals surface area contributed by atoms with Crippen LogP contribution in [0.25, 0.3) is 0 Å². The van der Waals surface area contributed by atoms with Crippen molar-refractivity contribution in [1.82, 2.24) is 4.90 Å². The van der Waals surface area contributed by atoms with Gasteiger partial charge in [-0.2, -0.15) is 0 Å². The van der Waals surface area contributed by atoms with Crippen molar-refractivity contribution in [3.8, 4) is 0 Å². The molecule has 0 unspecified atom stereocenters. The van der Waals surface area contributed by atoms with Gasteiger partial charge in [-0.1, -0.05) is 37.3 Å². The number of nitrogens with zero attached hydrogens (tertiary/aromatic N) is 1. The SMILES string of the molecule is CCc1ccc(C(=O)CN(Cc2cccs2)C2CC2)cc1. The standard InChI is InChI=1S/C18H21NOS/c1-2-14-5-7-15(8-6-14)18(20)13-19(16-9-10-16)12-17-4-3-11-21-17/h3-8,11,16H,2,9-10,12-13H2,1H3. The molecule has 0 radical (unpaired) electrons. The molecule has 1 fully saturated rings. The molecule has 0 saturated heterocycles. The molecule has 110 valence electrons. The molecule has 1 aliphatic rings. The van der Waals surface area contributed by atoms with E-state index in [9.17, 15) is 4.79 Å². The Balaban J connectivity index is 1.65.